The van der Waals surface area contributed by atoms with Crippen LogP contribution in [0.2, 0.25) is 0 Å². The smallest absolute Gasteiger partial charge is 0.213 e. The Morgan fingerprint density at radius 2 is 1.95 bits per heavy atom. The van der Waals surface area contributed by atoms with Gasteiger partial charge in [0.1, 0.15) is 10.7 Å². The number of carbonyl (C=O) groups is 1. The zero-order chi connectivity index (χ0) is 14.2. The Hall–Kier alpha value is -1.23. The first-order chi connectivity index (χ1) is 8.92. The summed E-state index contributed by atoms with van der Waals surface area (Å²) in [5, 5.41) is 5.68. The summed E-state index contributed by atoms with van der Waals surface area (Å²) in [7, 11) is 0. The van der Waals surface area contributed by atoms with Crippen molar-refractivity contribution in [2.45, 2.75) is 58.8 Å². The van der Waals surface area contributed by atoms with E-state index in [0.29, 0.717) is 11.6 Å². The molecule has 0 aromatic carbocycles. The number of hydrogen-bond donors (Lipinski definition) is 0. The lowest BCUT2D eigenvalue weighted by Crippen LogP contribution is -2.15. The van der Waals surface area contributed by atoms with Crippen LogP contribution in [-0.4, -0.2) is 20.9 Å². The lowest BCUT2D eigenvalue weighted by molar-refractivity contribution is 0.111. The molecule has 0 unspecified atom stereocenters. The molecule has 0 fully saturated rings. The first kappa shape index (κ1) is 14.2. The van der Waals surface area contributed by atoms with E-state index >= 15 is 0 Å². The van der Waals surface area contributed by atoms with Crippen LogP contribution in [0.15, 0.2) is 0 Å². The fourth-order valence-corrected chi connectivity index (χ4v) is 3.41. The molecule has 0 aliphatic carbocycles. The summed E-state index contributed by atoms with van der Waals surface area (Å²) < 4.78 is 1.71. The molecule has 0 radical (unpaired) electrons. The minimum atomic E-state index is -0.140. The molecule has 2 heterocycles. The molecule has 0 atom stereocenters. The second-order valence-electron chi connectivity index (χ2n) is 5.86. The Bertz CT molecular complexity index is 588. The van der Waals surface area contributed by atoms with Crippen LogP contribution >= 0.6 is 11.3 Å². The van der Waals surface area contributed by atoms with Gasteiger partial charge >= 0.3 is 0 Å². The van der Waals surface area contributed by atoms with Crippen molar-refractivity contribution in [1.29, 1.82) is 0 Å². The summed E-state index contributed by atoms with van der Waals surface area (Å²) in [6.45, 7) is 10.5. The van der Waals surface area contributed by atoms with E-state index in [2.05, 4.69) is 44.7 Å². The Morgan fingerprint density at radius 1 is 1.32 bits per heavy atom. The summed E-state index contributed by atoms with van der Waals surface area (Å²) in [4.78, 5) is 16.8. The van der Waals surface area contributed by atoms with Gasteiger partial charge in [0, 0.05) is 11.3 Å². The summed E-state index contributed by atoms with van der Waals surface area (Å²) in [5.41, 5.74) is 1.28. The molecule has 0 bridgehead atoms. The quantitative estimate of drug-likeness (QED) is 0.800. The molecule has 2 aromatic heterocycles. The molecule has 0 saturated carbocycles. The molecule has 0 aliphatic heterocycles. The topological polar surface area (TPSA) is 47.3 Å². The van der Waals surface area contributed by atoms with E-state index in [9.17, 15) is 4.79 Å². The minimum Gasteiger partial charge on any atom is -0.296 e. The van der Waals surface area contributed by atoms with E-state index < -0.39 is 0 Å². The Balaban J connectivity index is 2.57. The highest BCUT2D eigenvalue weighted by Crippen LogP contribution is 2.31. The van der Waals surface area contributed by atoms with Gasteiger partial charge in [-0.1, -0.05) is 46.0 Å². The third-order valence-electron chi connectivity index (χ3n) is 3.41. The van der Waals surface area contributed by atoms with Crippen LogP contribution in [0.4, 0.5) is 0 Å². The third kappa shape index (κ3) is 2.43. The highest BCUT2D eigenvalue weighted by molar-refractivity contribution is 7.16. The van der Waals surface area contributed by atoms with Crippen molar-refractivity contribution in [3.05, 3.63) is 16.4 Å². The molecule has 0 aliphatic rings. The molecule has 0 N–H and O–H groups in total. The molecular formula is C14H21N3OS. The standard InChI is InChI=1S/C14H21N3OS/c1-6-9(7-2)12-16-17-10(8-18)11(14(3,4)5)15-13(17)19-12/h8-9H,6-7H2,1-5H3. The molecule has 5 heteroatoms. The van der Waals surface area contributed by atoms with Crippen molar-refractivity contribution < 1.29 is 4.79 Å². The first-order valence-electron chi connectivity index (χ1n) is 6.77. The van der Waals surface area contributed by atoms with E-state index in [4.69, 9.17) is 0 Å². The van der Waals surface area contributed by atoms with E-state index in [1.807, 2.05) is 0 Å². The van der Waals surface area contributed by atoms with Crippen LogP contribution < -0.4 is 0 Å². The van der Waals surface area contributed by atoms with Crippen molar-refractivity contribution in [3.8, 4) is 0 Å². The van der Waals surface area contributed by atoms with Crippen LogP contribution in [0.3, 0.4) is 0 Å². The molecule has 4 nitrogen and oxygen atoms in total. The molecule has 104 valence electrons. The van der Waals surface area contributed by atoms with E-state index in [0.717, 1.165) is 34.8 Å². The Morgan fingerprint density at radius 3 is 2.42 bits per heavy atom. The minimum absolute atomic E-state index is 0.140. The van der Waals surface area contributed by atoms with Crippen molar-refractivity contribution in [2.24, 2.45) is 0 Å². The second-order valence-corrected chi connectivity index (χ2v) is 6.85. The van der Waals surface area contributed by atoms with E-state index in [-0.39, 0.29) is 5.41 Å². The third-order valence-corrected chi connectivity index (χ3v) is 4.48. The van der Waals surface area contributed by atoms with Gasteiger partial charge in [0.2, 0.25) is 4.96 Å². The molecule has 0 amide bonds. The summed E-state index contributed by atoms with van der Waals surface area (Å²) >= 11 is 1.60. The lowest BCUT2D eigenvalue weighted by atomic mass is 9.91. The van der Waals surface area contributed by atoms with Crippen LogP contribution in [0.1, 0.15) is 74.6 Å². The predicted octanol–water partition coefficient (Wildman–Crippen LogP) is 3.80. The van der Waals surface area contributed by atoms with Crippen LogP contribution in [0.25, 0.3) is 4.96 Å². The average Bonchev–Trinajstić information content (AvgIpc) is 2.86. The number of hydrogen-bond acceptors (Lipinski definition) is 4. The van der Waals surface area contributed by atoms with E-state index in [1.165, 1.54) is 0 Å². The van der Waals surface area contributed by atoms with Crippen molar-refractivity contribution in [3.63, 3.8) is 0 Å². The number of aromatic nitrogens is 3. The molecular weight excluding hydrogens is 258 g/mol. The van der Waals surface area contributed by atoms with Gasteiger partial charge < -0.3 is 0 Å². The lowest BCUT2D eigenvalue weighted by Gasteiger charge is -2.15. The summed E-state index contributed by atoms with van der Waals surface area (Å²) in [5.74, 6) is 0.462. The van der Waals surface area contributed by atoms with Crippen LogP contribution in [-0.2, 0) is 5.41 Å². The summed E-state index contributed by atoms with van der Waals surface area (Å²) in [6, 6.07) is 0. The van der Waals surface area contributed by atoms with Crippen LogP contribution in [0, 0.1) is 0 Å². The zero-order valence-electron chi connectivity index (χ0n) is 12.2. The molecule has 0 saturated heterocycles. The average molecular weight is 279 g/mol. The zero-order valence-corrected chi connectivity index (χ0v) is 13.0. The van der Waals surface area contributed by atoms with Crippen molar-refractivity contribution >= 4 is 22.6 Å². The van der Waals surface area contributed by atoms with Gasteiger partial charge in [-0.25, -0.2) is 4.98 Å². The molecule has 2 aromatic rings. The van der Waals surface area contributed by atoms with Gasteiger partial charge in [-0.05, 0) is 12.8 Å². The predicted molar refractivity (Wildman–Crippen MR) is 78.3 cm³/mol. The number of fused-ring (bicyclic) bond motifs is 1. The van der Waals surface area contributed by atoms with Gasteiger partial charge in [0.15, 0.2) is 6.29 Å². The number of rotatable bonds is 4. The normalized spacial score (nSPS) is 12.5. The number of nitrogens with zero attached hydrogens (tertiary/aromatic N) is 3. The summed E-state index contributed by atoms with van der Waals surface area (Å²) in [6.07, 6.45) is 3.00. The fraction of sp³-hybridized carbons (Fsp3) is 0.643. The number of imidazole rings is 1. The molecule has 2 rings (SSSR count). The van der Waals surface area contributed by atoms with Gasteiger partial charge in [0.05, 0.1) is 5.69 Å². The Kier molecular flexibility index (Phi) is 3.76. The first-order valence-corrected chi connectivity index (χ1v) is 7.59. The largest absolute Gasteiger partial charge is 0.296 e. The monoisotopic (exact) mass is 279 g/mol. The second kappa shape index (κ2) is 5.04. The van der Waals surface area contributed by atoms with Gasteiger partial charge in [-0.15, -0.1) is 0 Å². The van der Waals surface area contributed by atoms with E-state index in [1.54, 1.807) is 15.9 Å². The van der Waals surface area contributed by atoms with Gasteiger partial charge in [0.25, 0.3) is 0 Å². The molecule has 19 heavy (non-hydrogen) atoms. The number of aldehydes is 1. The maximum absolute atomic E-state index is 11.4. The maximum atomic E-state index is 11.4. The maximum Gasteiger partial charge on any atom is 0.213 e. The highest BCUT2D eigenvalue weighted by Gasteiger charge is 2.26. The van der Waals surface area contributed by atoms with Crippen molar-refractivity contribution in [2.75, 3.05) is 0 Å². The fourth-order valence-electron chi connectivity index (χ4n) is 2.24. The van der Waals surface area contributed by atoms with Crippen LogP contribution in [0.5, 0.6) is 0 Å². The van der Waals surface area contributed by atoms with Gasteiger partial charge in [-0.2, -0.15) is 9.61 Å². The van der Waals surface area contributed by atoms with Crippen molar-refractivity contribution in [1.82, 2.24) is 14.6 Å². The Labute approximate surface area is 117 Å². The SMILES string of the molecule is CCC(CC)c1nn2c(C=O)c(C(C)(C)C)nc2s1. The van der Waals surface area contributed by atoms with Gasteiger partial charge in [-0.3, -0.25) is 4.79 Å². The highest BCUT2D eigenvalue weighted by atomic mass is 32.1. The molecule has 0 spiro atoms. The number of carbonyl (C=O) groups excluding carboxylic acids is 1.